The monoisotopic (exact) mass is 277 g/mol. The molecular weight excluding hydrogens is 250 g/mol. The van der Waals surface area contributed by atoms with Crippen LogP contribution in [0.25, 0.3) is 0 Å². The molecule has 5 heteroatoms. The molecule has 0 amide bonds. The quantitative estimate of drug-likeness (QED) is 0.836. The molecule has 1 atom stereocenters. The van der Waals surface area contributed by atoms with Gasteiger partial charge < -0.3 is 15.5 Å². The lowest BCUT2D eigenvalue weighted by Gasteiger charge is -2.31. The minimum absolute atomic E-state index is 0.493. The van der Waals surface area contributed by atoms with E-state index in [-0.39, 0.29) is 0 Å². The molecule has 0 spiro atoms. The van der Waals surface area contributed by atoms with E-state index in [9.17, 15) is 0 Å². The molecule has 1 saturated heterocycles. The van der Waals surface area contributed by atoms with Gasteiger partial charge >= 0.3 is 0 Å². The average Bonchev–Trinajstić information content (AvgIpc) is 2.45. The normalized spacial score (nSPS) is 19.9. The molecule has 5 nitrogen and oxygen atoms in total. The van der Waals surface area contributed by atoms with Crippen LogP contribution in [0.2, 0.25) is 0 Å². The first-order valence-corrected chi connectivity index (χ1v) is 7.77. The van der Waals surface area contributed by atoms with Gasteiger partial charge in [0.05, 0.1) is 0 Å². The van der Waals surface area contributed by atoms with Crippen LogP contribution in [0.15, 0.2) is 6.33 Å². The number of aromatic nitrogens is 2. The number of hydrogen-bond donors (Lipinski definition) is 2. The van der Waals surface area contributed by atoms with E-state index in [1.165, 1.54) is 24.9 Å². The first-order valence-electron chi connectivity index (χ1n) is 7.77. The molecule has 1 unspecified atom stereocenters. The van der Waals surface area contributed by atoms with Gasteiger partial charge in [-0.25, -0.2) is 9.97 Å². The van der Waals surface area contributed by atoms with Crippen molar-refractivity contribution in [1.29, 1.82) is 0 Å². The first-order chi connectivity index (χ1) is 9.74. The third kappa shape index (κ3) is 3.82. The fourth-order valence-corrected chi connectivity index (χ4v) is 2.74. The van der Waals surface area contributed by atoms with E-state index in [0.29, 0.717) is 6.04 Å². The third-order valence-electron chi connectivity index (χ3n) is 3.81. The summed E-state index contributed by atoms with van der Waals surface area (Å²) in [5.41, 5.74) is 1.20. The highest BCUT2D eigenvalue weighted by Crippen LogP contribution is 2.22. The highest BCUT2D eigenvalue weighted by atomic mass is 15.2. The molecular formula is C15H27N5. The van der Waals surface area contributed by atoms with E-state index in [1.807, 2.05) is 0 Å². The molecule has 0 aliphatic carbocycles. The van der Waals surface area contributed by atoms with Crippen LogP contribution in [-0.4, -0.2) is 47.6 Å². The van der Waals surface area contributed by atoms with Gasteiger partial charge in [-0.2, -0.15) is 0 Å². The van der Waals surface area contributed by atoms with Gasteiger partial charge in [0.15, 0.2) is 0 Å². The predicted molar refractivity (Wildman–Crippen MR) is 84.3 cm³/mol. The number of piperidine rings is 1. The average molecular weight is 277 g/mol. The van der Waals surface area contributed by atoms with Gasteiger partial charge in [-0.1, -0.05) is 13.8 Å². The smallest absolute Gasteiger partial charge is 0.134 e. The van der Waals surface area contributed by atoms with Crippen molar-refractivity contribution in [3.63, 3.8) is 0 Å². The molecule has 20 heavy (non-hydrogen) atoms. The molecule has 0 radical (unpaired) electrons. The van der Waals surface area contributed by atoms with Crippen LogP contribution in [0.1, 0.15) is 38.7 Å². The second kappa shape index (κ2) is 7.43. The van der Waals surface area contributed by atoms with Crippen molar-refractivity contribution < 1.29 is 0 Å². The first kappa shape index (κ1) is 15.0. The van der Waals surface area contributed by atoms with Crippen molar-refractivity contribution >= 4 is 11.6 Å². The van der Waals surface area contributed by atoms with Crippen LogP contribution in [0, 0.1) is 0 Å². The lowest BCUT2D eigenvalue weighted by atomic mass is 10.1. The lowest BCUT2D eigenvalue weighted by molar-refractivity contribution is 0.260. The summed E-state index contributed by atoms with van der Waals surface area (Å²) < 4.78 is 0. The highest BCUT2D eigenvalue weighted by Gasteiger charge is 2.19. The summed E-state index contributed by atoms with van der Waals surface area (Å²) in [6.45, 7) is 7.57. The van der Waals surface area contributed by atoms with Crippen LogP contribution in [-0.2, 0) is 6.42 Å². The van der Waals surface area contributed by atoms with Gasteiger partial charge in [0, 0.05) is 24.7 Å². The summed E-state index contributed by atoms with van der Waals surface area (Å²) in [6.07, 6.45) is 6.17. The Kier molecular flexibility index (Phi) is 5.59. The minimum atomic E-state index is 0.493. The second-order valence-electron chi connectivity index (χ2n) is 5.58. The summed E-state index contributed by atoms with van der Waals surface area (Å²) >= 11 is 0. The number of likely N-dealkylation sites (tertiary alicyclic amines) is 1. The fourth-order valence-electron chi connectivity index (χ4n) is 2.74. The SMILES string of the molecule is CCCNc1ncnc(NC2CCCN(C)C2)c1CC. The Morgan fingerprint density at radius 1 is 1.30 bits per heavy atom. The Morgan fingerprint density at radius 2 is 2.10 bits per heavy atom. The van der Waals surface area contributed by atoms with Gasteiger partial charge in [-0.3, -0.25) is 0 Å². The van der Waals surface area contributed by atoms with Crippen molar-refractivity contribution in [1.82, 2.24) is 14.9 Å². The summed E-state index contributed by atoms with van der Waals surface area (Å²) in [5.74, 6) is 1.98. The van der Waals surface area contributed by atoms with Crippen LogP contribution in [0.4, 0.5) is 11.6 Å². The number of hydrogen-bond acceptors (Lipinski definition) is 5. The molecule has 2 N–H and O–H groups in total. The maximum Gasteiger partial charge on any atom is 0.134 e. The number of anilines is 2. The molecule has 0 aromatic carbocycles. The van der Waals surface area contributed by atoms with Crippen LogP contribution >= 0.6 is 0 Å². The zero-order valence-corrected chi connectivity index (χ0v) is 12.9. The van der Waals surface area contributed by atoms with Gasteiger partial charge in [0.25, 0.3) is 0 Å². The van der Waals surface area contributed by atoms with Crippen molar-refractivity contribution in [3.05, 3.63) is 11.9 Å². The molecule has 1 fully saturated rings. The second-order valence-corrected chi connectivity index (χ2v) is 5.58. The van der Waals surface area contributed by atoms with E-state index < -0.39 is 0 Å². The number of rotatable bonds is 6. The summed E-state index contributed by atoms with van der Waals surface area (Å²) in [4.78, 5) is 11.2. The van der Waals surface area contributed by atoms with E-state index in [1.54, 1.807) is 6.33 Å². The van der Waals surface area contributed by atoms with Crippen molar-refractivity contribution in [2.45, 2.75) is 45.6 Å². The highest BCUT2D eigenvalue weighted by molar-refractivity contribution is 5.57. The molecule has 112 valence electrons. The predicted octanol–water partition coefficient (Wildman–Crippen LogP) is 2.37. The minimum Gasteiger partial charge on any atom is -0.370 e. The number of nitrogens with one attached hydrogen (secondary N) is 2. The van der Waals surface area contributed by atoms with Gasteiger partial charge in [-0.15, -0.1) is 0 Å². The zero-order chi connectivity index (χ0) is 14.4. The number of likely N-dealkylation sites (N-methyl/N-ethyl adjacent to an activating group) is 1. The van der Waals surface area contributed by atoms with Gasteiger partial charge in [0.2, 0.25) is 0 Å². The Morgan fingerprint density at radius 3 is 2.80 bits per heavy atom. The largest absolute Gasteiger partial charge is 0.370 e. The molecule has 1 aliphatic heterocycles. The third-order valence-corrected chi connectivity index (χ3v) is 3.81. The van der Waals surface area contributed by atoms with Crippen molar-refractivity contribution in [2.75, 3.05) is 37.3 Å². The molecule has 1 aromatic heterocycles. The van der Waals surface area contributed by atoms with Crippen molar-refractivity contribution in [2.24, 2.45) is 0 Å². The van der Waals surface area contributed by atoms with E-state index >= 15 is 0 Å². The Balaban J connectivity index is 2.09. The Hall–Kier alpha value is -1.36. The van der Waals surface area contributed by atoms with E-state index in [4.69, 9.17) is 0 Å². The number of nitrogens with zero attached hydrogens (tertiary/aromatic N) is 3. The van der Waals surface area contributed by atoms with Crippen LogP contribution in [0.5, 0.6) is 0 Å². The molecule has 2 heterocycles. The molecule has 0 bridgehead atoms. The van der Waals surface area contributed by atoms with Crippen molar-refractivity contribution in [3.8, 4) is 0 Å². The lowest BCUT2D eigenvalue weighted by Crippen LogP contribution is -2.40. The Bertz CT molecular complexity index is 421. The molecule has 0 saturated carbocycles. The fraction of sp³-hybridized carbons (Fsp3) is 0.733. The molecule has 2 rings (SSSR count). The van der Waals surface area contributed by atoms with E-state index in [2.05, 4.69) is 46.4 Å². The molecule has 1 aliphatic rings. The maximum absolute atomic E-state index is 4.46. The molecule has 1 aromatic rings. The summed E-state index contributed by atoms with van der Waals surface area (Å²) in [5, 5.41) is 7.01. The van der Waals surface area contributed by atoms with Gasteiger partial charge in [0.1, 0.15) is 18.0 Å². The maximum atomic E-state index is 4.46. The summed E-state index contributed by atoms with van der Waals surface area (Å²) in [7, 11) is 2.18. The zero-order valence-electron chi connectivity index (χ0n) is 12.9. The standard InChI is InChI=1S/C15H27N5/c1-4-8-16-14-13(5-2)15(18-11-17-14)19-12-7-6-9-20(3)10-12/h11-12H,4-10H2,1-3H3,(H2,16,17,18,19). The topological polar surface area (TPSA) is 53.1 Å². The van der Waals surface area contributed by atoms with E-state index in [0.717, 1.165) is 37.6 Å². The van der Waals surface area contributed by atoms with Crippen LogP contribution in [0.3, 0.4) is 0 Å². The van der Waals surface area contributed by atoms with Gasteiger partial charge in [-0.05, 0) is 39.3 Å². The summed E-state index contributed by atoms with van der Waals surface area (Å²) in [6, 6.07) is 0.493. The Labute approximate surface area is 122 Å². The van der Waals surface area contributed by atoms with Crippen LogP contribution < -0.4 is 10.6 Å².